The number of carbonyl (C=O) groups is 2. The molecular formula is C31H30N2O3. The van der Waals surface area contributed by atoms with Crippen molar-refractivity contribution in [2.45, 2.75) is 38.6 Å². The Kier molecular flexibility index (Phi) is 7.08. The number of carbonyl (C=O) groups excluding carboxylic acids is 2. The third-order valence-corrected chi connectivity index (χ3v) is 6.97. The van der Waals surface area contributed by atoms with Crippen molar-refractivity contribution in [1.29, 1.82) is 0 Å². The van der Waals surface area contributed by atoms with Crippen LogP contribution in [0.15, 0.2) is 84.9 Å². The molecule has 1 amide bonds. The summed E-state index contributed by atoms with van der Waals surface area (Å²) in [7, 11) is 0. The van der Waals surface area contributed by atoms with Crippen LogP contribution in [0.2, 0.25) is 0 Å². The number of aromatic nitrogens is 1. The van der Waals surface area contributed by atoms with Gasteiger partial charge in [-0.2, -0.15) is 0 Å². The minimum absolute atomic E-state index is 0.120. The Balaban J connectivity index is 1.39. The lowest BCUT2D eigenvalue weighted by Crippen LogP contribution is -2.45. The molecule has 0 N–H and O–H groups in total. The fraction of sp³-hybridized carbons (Fsp3) is 0.258. The van der Waals surface area contributed by atoms with Crippen molar-refractivity contribution in [3.63, 3.8) is 0 Å². The number of rotatable bonds is 6. The first-order valence-corrected chi connectivity index (χ1v) is 12.7. The molecule has 182 valence electrons. The molecule has 0 bridgehead atoms. The minimum Gasteiger partial charge on any atom is -0.452 e. The van der Waals surface area contributed by atoms with Crippen molar-refractivity contribution >= 4 is 22.8 Å². The molecule has 1 aliphatic heterocycles. The highest BCUT2D eigenvalue weighted by atomic mass is 16.5. The number of hydrogen-bond acceptors (Lipinski definition) is 4. The van der Waals surface area contributed by atoms with Gasteiger partial charge >= 0.3 is 5.97 Å². The Hall–Kier alpha value is -3.99. The predicted octanol–water partition coefficient (Wildman–Crippen LogP) is 6.52. The largest absolute Gasteiger partial charge is 0.452 e. The molecule has 2 heterocycles. The Bertz CT molecular complexity index is 1370. The molecule has 0 spiro atoms. The van der Waals surface area contributed by atoms with E-state index in [0.29, 0.717) is 22.2 Å². The molecule has 5 heteroatoms. The maximum absolute atomic E-state index is 13.2. The minimum atomic E-state index is -0.505. The van der Waals surface area contributed by atoms with Gasteiger partial charge in [-0.15, -0.1) is 0 Å². The average Bonchev–Trinajstić information content (AvgIpc) is 2.95. The number of fused-ring (bicyclic) bond motifs is 1. The molecule has 5 nitrogen and oxygen atoms in total. The van der Waals surface area contributed by atoms with Gasteiger partial charge in [0.05, 0.1) is 16.8 Å². The van der Waals surface area contributed by atoms with Crippen molar-refractivity contribution in [3.05, 3.63) is 90.5 Å². The topological polar surface area (TPSA) is 59.5 Å². The Labute approximate surface area is 211 Å². The van der Waals surface area contributed by atoms with Gasteiger partial charge in [-0.3, -0.25) is 4.79 Å². The Morgan fingerprint density at radius 2 is 1.58 bits per heavy atom. The van der Waals surface area contributed by atoms with E-state index in [1.165, 1.54) is 0 Å². The summed E-state index contributed by atoms with van der Waals surface area (Å²) >= 11 is 0. The quantitative estimate of drug-likeness (QED) is 0.296. The molecular weight excluding hydrogens is 448 g/mol. The molecule has 1 saturated heterocycles. The van der Waals surface area contributed by atoms with Crippen molar-refractivity contribution in [2.75, 3.05) is 13.2 Å². The first-order chi connectivity index (χ1) is 17.6. The molecule has 3 aromatic carbocycles. The zero-order chi connectivity index (χ0) is 24.9. The van der Waals surface area contributed by atoms with Crippen LogP contribution in [0.25, 0.3) is 33.3 Å². The summed E-state index contributed by atoms with van der Waals surface area (Å²) in [6.07, 6.45) is 4.07. The number of piperidine rings is 1. The zero-order valence-corrected chi connectivity index (χ0v) is 20.5. The second-order valence-corrected chi connectivity index (χ2v) is 9.24. The van der Waals surface area contributed by atoms with Crippen LogP contribution in [-0.2, 0) is 9.53 Å². The van der Waals surface area contributed by atoms with E-state index < -0.39 is 5.97 Å². The van der Waals surface area contributed by atoms with Crippen LogP contribution in [0.4, 0.5) is 0 Å². The summed E-state index contributed by atoms with van der Waals surface area (Å²) in [6.45, 7) is 2.59. The summed E-state index contributed by atoms with van der Waals surface area (Å²) in [5.74, 6) is -0.626. The number of esters is 1. The van der Waals surface area contributed by atoms with E-state index in [0.717, 1.165) is 48.9 Å². The normalized spacial score (nSPS) is 15.6. The summed E-state index contributed by atoms with van der Waals surface area (Å²) in [5.41, 5.74) is 4.98. The third-order valence-electron chi connectivity index (χ3n) is 6.97. The summed E-state index contributed by atoms with van der Waals surface area (Å²) in [5, 5.41) is 0.712. The monoisotopic (exact) mass is 478 g/mol. The van der Waals surface area contributed by atoms with Gasteiger partial charge in [-0.1, -0.05) is 79.7 Å². The summed E-state index contributed by atoms with van der Waals surface area (Å²) in [4.78, 5) is 32.7. The molecule has 0 radical (unpaired) electrons. The molecule has 1 atom stereocenters. The Morgan fingerprint density at radius 3 is 2.36 bits per heavy atom. The average molecular weight is 479 g/mol. The van der Waals surface area contributed by atoms with Gasteiger partial charge < -0.3 is 9.64 Å². The molecule has 4 aromatic rings. The van der Waals surface area contributed by atoms with Gasteiger partial charge in [0.25, 0.3) is 5.91 Å². The number of likely N-dealkylation sites (tertiary alicyclic amines) is 1. The summed E-state index contributed by atoms with van der Waals surface area (Å²) in [6, 6.07) is 27.8. The highest BCUT2D eigenvalue weighted by molar-refractivity contribution is 6.05. The zero-order valence-electron chi connectivity index (χ0n) is 20.5. The number of hydrogen-bond donors (Lipinski definition) is 0. The van der Waals surface area contributed by atoms with Crippen LogP contribution < -0.4 is 0 Å². The highest BCUT2D eigenvalue weighted by Crippen LogP contribution is 2.28. The lowest BCUT2D eigenvalue weighted by atomic mass is 10.00. The van der Waals surface area contributed by atoms with Crippen LogP contribution in [0.5, 0.6) is 0 Å². The Morgan fingerprint density at radius 1 is 0.889 bits per heavy atom. The van der Waals surface area contributed by atoms with E-state index in [1.54, 1.807) is 6.07 Å². The van der Waals surface area contributed by atoms with Crippen LogP contribution in [-0.4, -0.2) is 41.0 Å². The van der Waals surface area contributed by atoms with Crippen molar-refractivity contribution in [1.82, 2.24) is 9.88 Å². The smallest absolute Gasteiger partial charge is 0.339 e. The molecule has 1 fully saturated rings. The predicted molar refractivity (Wildman–Crippen MR) is 143 cm³/mol. The SMILES string of the molecule is CCC1CCCCN1C(=O)COC(=O)c1cc(-c2ccc(-c3ccccc3)cc2)nc2ccccc12. The van der Waals surface area contributed by atoms with Gasteiger partial charge in [0.2, 0.25) is 0 Å². The van der Waals surface area contributed by atoms with Crippen LogP contribution >= 0.6 is 0 Å². The van der Waals surface area contributed by atoms with E-state index in [4.69, 9.17) is 9.72 Å². The van der Waals surface area contributed by atoms with Gasteiger partial charge in [-0.05, 0) is 48.9 Å². The van der Waals surface area contributed by atoms with E-state index in [9.17, 15) is 9.59 Å². The van der Waals surface area contributed by atoms with Crippen molar-refractivity contribution < 1.29 is 14.3 Å². The van der Waals surface area contributed by atoms with E-state index in [-0.39, 0.29) is 18.6 Å². The second kappa shape index (κ2) is 10.7. The fourth-order valence-corrected chi connectivity index (χ4v) is 5.00. The molecule has 1 aromatic heterocycles. The number of benzene rings is 3. The lowest BCUT2D eigenvalue weighted by molar-refractivity contribution is -0.138. The second-order valence-electron chi connectivity index (χ2n) is 9.24. The summed E-state index contributed by atoms with van der Waals surface area (Å²) < 4.78 is 5.55. The first kappa shape index (κ1) is 23.7. The maximum atomic E-state index is 13.2. The van der Waals surface area contributed by atoms with Crippen molar-refractivity contribution in [3.8, 4) is 22.4 Å². The number of amides is 1. The standard InChI is InChI=1S/C31H30N2O3/c1-2-25-12-8-9-19-33(25)30(34)21-36-31(35)27-20-29(32-28-14-7-6-13-26(27)28)24-17-15-23(16-18-24)22-10-4-3-5-11-22/h3-7,10-11,13-18,20,25H,2,8-9,12,19,21H2,1H3. The van der Waals surface area contributed by atoms with Gasteiger partial charge in [0.15, 0.2) is 6.61 Å². The van der Waals surface area contributed by atoms with Crippen LogP contribution in [0.3, 0.4) is 0 Å². The molecule has 1 aliphatic rings. The fourth-order valence-electron chi connectivity index (χ4n) is 5.00. The molecule has 0 aliphatic carbocycles. The third kappa shape index (κ3) is 5.01. The maximum Gasteiger partial charge on any atom is 0.339 e. The first-order valence-electron chi connectivity index (χ1n) is 12.7. The number of pyridine rings is 1. The molecule has 36 heavy (non-hydrogen) atoms. The van der Waals surface area contributed by atoms with Crippen LogP contribution in [0.1, 0.15) is 43.0 Å². The highest BCUT2D eigenvalue weighted by Gasteiger charge is 2.26. The lowest BCUT2D eigenvalue weighted by Gasteiger charge is -2.35. The van der Waals surface area contributed by atoms with Gasteiger partial charge in [0, 0.05) is 23.5 Å². The van der Waals surface area contributed by atoms with Gasteiger partial charge in [0.1, 0.15) is 0 Å². The number of para-hydroxylation sites is 1. The van der Waals surface area contributed by atoms with E-state index in [2.05, 4.69) is 31.2 Å². The van der Waals surface area contributed by atoms with Crippen LogP contribution in [0, 0.1) is 0 Å². The van der Waals surface area contributed by atoms with Gasteiger partial charge in [-0.25, -0.2) is 9.78 Å². The number of nitrogens with zero attached hydrogens (tertiary/aromatic N) is 2. The van der Waals surface area contributed by atoms with E-state index >= 15 is 0 Å². The molecule has 0 saturated carbocycles. The number of ether oxygens (including phenoxy) is 1. The van der Waals surface area contributed by atoms with Crippen molar-refractivity contribution in [2.24, 2.45) is 0 Å². The van der Waals surface area contributed by atoms with E-state index in [1.807, 2.05) is 59.5 Å². The molecule has 1 unspecified atom stereocenters. The molecule has 5 rings (SSSR count).